The van der Waals surface area contributed by atoms with Gasteiger partial charge in [0.05, 0.1) is 35.8 Å². The van der Waals surface area contributed by atoms with E-state index in [9.17, 15) is 19.5 Å². The summed E-state index contributed by atoms with van der Waals surface area (Å²) in [5.41, 5.74) is 0.756. The van der Waals surface area contributed by atoms with E-state index in [1.807, 2.05) is 49.1 Å². The Morgan fingerprint density at radius 3 is 2.44 bits per heavy atom. The van der Waals surface area contributed by atoms with Crippen molar-refractivity contribution in [1.82, 2.24) is 9.80 Å². The van der Waals surface area contributed by atoms with Crippen molar-refractivity contribution in [2.75, 3.05) is 31.2 Å². The predicted molar refractivity (Wildman–Crippen MR) is 160 cm³/mol. The number of thioether (sulfide) groups is 1. The van der Waals surface area contributed by atoms with Gasteiger partial charge in [0, 0.05) is 30.1 Å². The average Bonchev–Trinajstić information content (AvgIpc) is 3.30. The van der Waals surface area contributed by atoms with Crippen LogP contribution < -0.4 is 9.64 Å². The van der Waals surface area contributed by atoms with Crippen LogP contribution in [0.15, 0.2) is 48.6 Å². The Hall–Kier alpha value is -2.78. The summed E-state index contributed by atoms with van der Waals surface area (Å²) >= 11 is 1.60. The number of likely N-dealkylation sites (tertiary alicyclic amines) is 1. The second-order valence-corrected chi connectivity index (χ2v) is 13.3. The quantitative estimate of drug-likeness (QED) is 0.495. The first-order valence-electron chi connectivity index (χ1n) is 15.2. The third-order valence-electron chi connectivity index (χ3n) is 9.68. The van der Waals surface area contributed by atoms with Crippen molar-refractivity contribution in [2.45, 2.75) is 80.5 Å². The number of ether oxygens (including phenoxy) is 1. The number of hydrogen-bond donors (Lipinski definition) is 1. The smallest absolute Gasteiger partial charge is 0.247 e. The van der Waals surface area contributed by atoms with Gasteiger partial charge in [0.2, 0.25) is 17.7 Å². The largest absolute Gasteiger partial charge is 0.494 e. The molecule has 2 saturated heterocycles. The molecule has 3 fully saturated rings. The molecule has 8 nitrogen and oxygen atoms in total. The van der Waals surface area contributed by atoms with E-state index in [1.165, 1.54) is 6.42 Å². The van der Waals surface area contributed by atoms with E-state index >= 15 is 0 Å². The van der Waals surface area contributed by atoms with E-state index in [4.69, 9.17) is 4.74 Å². The SMILES string of the molecule is CCOc1ccc(N2CC=C[C@H]3S[C@]45C=CCN(C6CCCCC6)C(=O)C4N([C@@H](CC)CO)C(=O)[C@@H]5[C@H]3C2=O)cc1. The van der Waals surface area contributed by atoms with Crippen molar-refractivity contribution >= 4 is 35.2 Å². The number of nitrogens with zero attached hydrogens (tertiary/aromatic N) is 3. The van der Waals surface area contributed by atoms with Crippen LogP contribution in [0.2, 0.25) is 0 Å². The minimum absolute atomic E-state index is 0.0339. The number of fused-ring (bicyclic) bond motifs is 2. The fraction of sp³-hybridized carbons (Fsp3) is 0.594. The standard InChI is InChI=1S/C32H41N3O5S/c1-3-21(20-36)35-28-31(39)34(22-10-6-5-7-11-22)19-9-17-32(28)27(30(35)38)26-25(41-32)12-8-18-33(29(26)37)23-13-15-24(16-14-23)40-4-2/h8-9,12-17,21-22,25-28,36H,3-7,10-11,18-20H2,1-2H3/t21-,25+,26-,27-,28?,32-/m0/s1. The number of rotatable bonds is 7. The highest BCUT2D eigenvalue weighted by Crippen LogP contribution is 2.61. The van der Waals surface area contributed by atoms with Crippen LogP contribution in [-0.2, 0) is 14.4 Å². The average molecular weight is 580 g/mol. The normalized spacial score (nSPS) is 32.5. The number of amides is 3. The van der Waals surface area contributed by atoms with E-state index in [0.29, 0.717) is 26.1 Å². The lowest BCUT2D eigenvalue weighted by Gasteiger charge is -2.41. The summed E-state index contributed by atoms with van der Waals surface area (Å²) in [6, 6.07) is 6.44. The summed E-state index contributed by atoms with van der Waals surface area (Å²) in [5.74, 6) is -0.872. The van der Waals surface area contributed by atoms with Gasteiger partial charge in [-0.15, -0.1) is 11.8 Å². The molecule has 1 aromatic carbocycles. The first-order valence-corrected chi connectivity index (χ1v) is 16.1. The molecule has 1 N–H and O–H groups in total. The van der Waals surface area contributed by atoms with Crippen LogP contribution in [-0.4, -0.2) is 87.1 Å². The van der Waals surface area contributed by atoms with Crippen molar-refractivity contribution in [2.24, 2.45) is 11.8 Å². The molecule has 9 heteroatoms. The molecule has 0 radical (unpaired) electrons. The van der Waals surface area contributed by atoms with E-state index in [-0.39, 0.29) is 35.6 Å². The summed E-state index contributed by atoms with van der Waals surface area (Å²) in [6.45, 7) is 5.15. The molecule has 6 rings (SSSR count). The second-order valence-electron chi connectivity index (χ2n) is 11.8. The minimum atomic E-state index is -0.864. The monoisotopic (exact) mass is 579 g/mol. The molecule has 41 heavy (non-hydrogen) atoms. The van der Waals surface area contributed by atoms with Crippen molar-refractivity contribution in [3.8, 4) is 5.75 Å². The predicted octanol–water partition coefficient (Wildman–Crippen LogP) is 3.79. The van der Waals surface area contributed by atoms with Crippen molar-refractivity contribution in [3.05, 3.63) is 48.6 Å². The van der Waals surface area contributed by atoms with Gasteiger partial charge in [-0.3, -0.25) is 14.4 Å². The number of benzene rings is 1. The summed E-state index contributed by atoms with van der Waals surface area (Å²) < 4.78 is 4.73. The van der Waals surface area contributed by atoms with Gasteiger partial charge in [-0.2, -0.15) is 0 Å². The summed E-state index contributed by atoms with van der Waals surface area (Å²) in [5, 5.41) is 10.1. The van der Waals surface area contributed by atoms with Gasteiger partial charge >= 0.3 is 0 Å². The lowest BCUT2D eigenvalue weighted by Crippen LogP contribution is -2.58. The van der Waals surface area contributed by atoms with Crippen LogP contribution in [0.5, 0.6) is 5.75 Å². The molecular formula is C32H41N3O5S. The first kappa shape index (κ1) is 28.3. The van der Waals surface area contributed by atoms with E-state index in [2.05, 4.69) is 18.2 Å². The van der Waals surface area contributed by atoms with Crippen molar-refractivity contribution in [3.63, 3.8) is 0 Å². The fourth-order valence-electron chi connectivity index (χ4n) is 7.74. The zero-order chi connectivity index (χ0) is 28.7. The number of carbonyl (C=O) groups is 3. The van der Waals surface area contributed by atoms with Gasteiger partial charge in [-0.25, -0.2) is 0 Å². The molecular weight excluding hydrogens is 538 g/mol. The molecule has 1 saturated carbocycles. The number of carbonyl (C=O) groups excluding carboxylic acids is 3. The highest BCUT2D eigenvalue weighted by atomic mass is 32.2. The maximum Gasteiger partial charge on any atom is 0.247 e. The van der Waals surface area contributed by atoms with Crippen LogP contribution in [0.3, 0.4) is 0 Å². The minimum Gasteiger partial charge on any atom is -0.494 e. The molecule has 0 aromatic heterocycles. The maximum atomic E-state index is 14.6. The Bertz CT molecular complexity index is 1220. The maximum absolute atomic E-state index is 14.6. The molecule has 1 aromatic rings. The van der Waals surface area contributed by atoms with Crippen LogP contribution in [0.4, 0.5) is 5.69 Å². The number of aliphatic hydroxyl groups is 1. The Labute approximate surface area is 246 Å². The highest BCUT2D eigenvalue weighted by molar-refractivity contribution is 8.02. The van der Waals surface area contributed by atoms with Gasteiger partial charge in [0.15, 0.2) is 0 Å². The van der Waals surface area contributed by atoms with E-state index in [0.717, 1.165) is 37.1 Å². The molecule has 4 aliphatic heterocycles. The van der Waals surface area contributed by atoms with Gasteiger partial charge in [-0.05, 0) is 50.5 Å². The Balaban J connectivity index is 1.40. The highest BCUT2D eigenvalue weighted by Gasteiger charge is 2.71. The summed E-state index contributed by atoms with van der Waals surface area (Å²) in [4.78, 5) is 48.9. The third kappa shape index (κ3) is 4.60. The van der Waals surface area contributed by atoms with Crippen LogP contribution >= 0.6 is 11.8 Å². The van der Waals surface area contributed by atoms with Gasteiger partial charge in [0.1, 0.15) is 11.8 Å². The molecule has 0 bridgehead atoms. The Morgan fingerprint density at radius 2 is 1.76 bits per heavy atom. The van der Waals surface area contributed by atoms with Crippen LogP contribution in [0.1, 0.15) is 52.4 Å². The molecule has 3 amide bonds. The second kappa shape index (κ2) is 11.5. The number of aliphatic hydroxyl groups excluding tert-OH is 1. The lowest BCUT2D eigenvalue weighted by atomic mass is 9.78. The molecule has 220 valence electrons. The number of anilines is 1. The van der Waals surface area contributed by atoms with Gasteiger partial charge in [0.25, 0.3) is 0 Å². The topological polar surface area (TPSA) is 90.4 Å². The zero-order valence-corrected chi connectivity index (χ0v) is 24.8. The summed E-state index contributed by atoms with van der Waals surface area (Å²) in [6.07, 6.45) is 14.1. The van der Waals surface area contributed by atoms with Crippen molar-refractivity contribution in [1.29, 1.82) is 0 Å². The fourth-order valence-corrected chi connectivity index (χ4v) is 9.74. The number of hydrogen-bond acceptors (Lipinski definition) is 6. The molecule has 1 spiro atoms. The van der Waals surface area contributed by atoms with Gasteiger partial charge < -0.3 is 24.5 Å². The van der Waals surface area contributed by atoms with E-state index in [1.54, 1.807) is 21.6 Å². The molecule has 1 aliphatic carbocycles. The lowest BCUT2D eigenvalue weighted by molar-refractivity contribution is -0.147. The molecule has 4 heterocycles. The summed E-state index contributed by atoms with van der Waals surface area (Å²) in [7, 11) is 0. The van der Waals surface area contributed by atoms with Crippen LogP contribution in [0.25, 0.3) is 0 Å². The molecule has 5 aliphatic rings. The Kier molecular flexibility index (Phi) is 7.94. The Morgan fingerprint density at radius 1 is 1.00 bits per heavy atom. The van der Waals surface area contributed by atoms with E-state index < -0.39 is 28.7 Å². The third-order valence-corrected chi connectivity index (χ3v) is 11.4. The van der Waals surface area contributed by atoms with Gasteiger partial charge in [-0.1, -0.05) is 50.5 Å². The van der Waals surface area contributed by atoms with Crippen LogP contribution in [0, 0.1) is 11.8 Å². The zero-order valence-electron chi connectivity index (χ0n) is 24.0. The molecule has 6 atom stereocenters. The molecule has 1 unspecified atom stereocenters. The first-order chi connectivity index (χ1) is 19.9. The van der Waals surface area contributed by atoms with Crippen molar-refractivity contribution < 1.29 is 24.2 Å².